The van der Waals surface area contributed by atoms with E-state index in [1.165, 1.54) is 0 Å². The Morgan fingerprint density at radius 1 is 1.39 bits per heavy atom. The summed E-state index contributed by atoms with van der Waals surface area (Å²) in [7, 11) is 0. The summed E-state index contributed by atoms with van der Waals surface area (Å²) in [6.45, 7) is 3.02. The van der Waals surface area contributed by atoms with Gasteiger partial charge in [0.05, 0.1) is 0 Å². The van der Waals surface area contributed by atoms with E-state index in [0.29, 0.717) is 0 Å². The molecule has 1 aliphatic rings. The number of benzene rings is 1. The predicted octanol–water partition coefficient (Wildman–Crippen LogP) is 2.42. The third kappa shape index (κ3) is 1.81. The molecule has 1 saturated heterocycles. The van der Waals surface area contributed by atoms with Gasteiger partial charge in [0.2, 0.25) is 0 Å². The van der Waals surface area contributed by atoms with Crippen LogP contribution >= 0.6 is 0 Å². The van der Waals surface area contributed by atoms with Gasteiger partial charge >= 0.3 is 0 Å². The molecular formula is C15H16N2O. The summed E-state index contributed by atoms with van der Waals surface area (Å²) in [5.41, 5.74) is 0.829. The molecule has 0 radical (unpaired) electrons. The number of rotatable bonds is 2. The molecule has 0 saturated carbocycles. The summed E-state index contributed by atoms with van der Waals surface area (Å²) in [6.07, 6.45) is 4.49. The Hall–Kier alpha value is -1.74. The molecule has 0 bridgehead atoms. The molecule has 3 heteroatoms. The van der Waals surface area contributed by atoms with Crippen molar-refractivity contribution in [3.8, 4) is 0 Å². The lowest BCUT2D eigenvalue weighted by atomic mass is 9.90. The molecule has 3 rings (SSSR count). The molecule has 3 nitrogen and oxygen atoms in total. The van der Waals surface area contributed by atoms with Crippen molar-refractivity contribution in [2.24, 2.45) is 5.92 Å². The first-order valence-electron chi connectivity index (χ1n) is 6.38. The fourth-order valence-corrected chi connectivity index (χ4v) is 2.75. The Kier molecular flexibility index (Phi) is 2.84. The van der Waals surface area contributed by atoms with Gasteiger partial charge in [-0.2, -0.15) is 0 Å². The topological polar surface area (TPSA) is 42.0 Å². The van der Waals surface area contributed by atoms with Gasteiger partial charge in [0, 0.05) is 35.3 Å². The number of Topliss-reactive ketones (excluding diaryl/α,β-unsaturated/α-hetero) is 1. The normalized spacial score (nSPS) is 23.4. The molecule has 1 fully saturated rings. The van der Waals surface area contributed by atoms with Crippen molar-refractivity contribution < 1.29 is 4.79 Å². The number of ketones is 1. The van der Waals surface area contributed by atoms with Gasteiger partial charge in [-0.1, -0.05) is 18.2 Å². The van der Waals surface area contributed by atoms with E-state index >= 15 is 0 Å². The van der Waals surface area contributed by atoms with E-state index < -0.39 is 0 Å². The molecule has 2 unspecified atom stereocenters. The van der Waals surface area contributed by atoms with Crippen LogP contribution in [0.2, 0.25) is 0 Å². The SMILES string of the molecule is CC1NCCC1C(=O)c1cccc2cnccc12. The van der Waals surface area contributed by atoms with Crippen molar-refractivity contribution >= 4 is 16.6 Å². The highest BCUT2D eigenvalue weighted by atomic mass is 16.1. The van der Waals surface area contributed by atoms with E-state index in [1.54, 1.807) is 6.20 Å². The fourth-order valence-electron chi connectivity index (χ4n) is 2.75. The molecule has 0 amide bonds. The second kappa shape index (κ2) is 4.50. The van der Waals surface area contributed by atoms with Gasteiger partial charge in [0.25, 0.3) is 0 Å². The summed E-state index contributed by atoms with van der Waals surface area (Å²) in [6, 6.07) is 8.06. The first kappa shape index (κ1) is 11.4. The fraction of sp³-hybridized carbons (Fsp3) is 0.333. The van der Waals surface area contributed by atoms with E-state index in [0.717, 1.165) is 29.3 Å². The monoisotopic (exact) mass is 240 g/mol. The summed E-state index contributed by atoms with van der Waals surface area (Å²) < 4.78 is 0. The van der Waals surface area contributed by atoms with Crippen molar-refractivity contribution in [1.29, 1.82) is 0 Å². The average molecular weight is 240 g/mol. The molecule has 0 spiro atoms. The van der Waals surface area contributed by atoms with Crippen LogP contribution in [0.5, 0.6) is 0 Å². The maximum absolute atomic E-state index is 12.6. The van der Waals surface area contributed by atoms with Crippen LogP contribution in [0.3, 0.4) is 0 Å². The van der Waals surface area contributed by atoms with Crippen LogP contribution < -0.4 is 5.32 Å². The average Bonchev–Trinajstić information content (AvgIpc) is 2.83. The maximum Gasteiger partial charge on any atom is 0.168 e. The van der Waals surface area contributed by atoms with Crippen molar-refractivity contribution in [2.45, 2.75) is 19.4 Å². The molecule has 2 aromatic rings. The van der Waals surface area contributed by atoms with Crippen LogP contribution in [0.4, 0.5) is 0 Å². The van der Waals surface area contributed by atoms with E-state index in [-0.39, 0.29) is 17.7 Å². The lowest BCUT2D eigenvalue weighted by molar-refractivity contribution is 0.0916. The number of fused-ring (bicyclic) bond motifs is 1. The number of nitrogens with zero attached hydrogens (tertiary/aromatic N) is 1. The molecule has 2 atom stereocenters. The number of hydrogen-bond donors (Lipinski definition) is 1. The number of nitrogens with one attached hydrogen (secondary N) is 1. The van der Waals surface area contributed by atoms with Gasteiger partial charge in [-0.05, 0) is 31.3 Å². The van der Waals surface area contributed by atoms with Crippen LogP contribution in [0, 0.1) is 5.92 Å². The van der Waals surface area contributed by atoms with Gasteiger partial charge in [0.15, 0.2) is 5.78 Å². The van der Waals surface area contributed by atoms with Crippen LogP contribution in [0.15, 0.2) is 36.7 Å². The van der Waals surface area contributed by atoms with Crippen molar-refractivity contribution in [3.63, 3.8) is 0 Å². The minimum atomic E-state index is 0.101. The molecule has 2 heterocycles. The second-order valence-electron chi connectivity index (χ2n) is 4.90. The number of carbonyl (C=O) groups is 1. The largest absolute Gasteiger partial charge is 0.313 e. The van der Waals surface area contributed by atoms with E-state index in [2.05, 4.69) is 17.2 Å². The zero-order chi connectivity index (χ0) is 12.5. The summed E-state index contributed by atoms with van der Waals surface area (Å²) >= 11 is 0. The van der Waals surface area contributed by atoms with Gasteiger partial charge < -0.3 is 5.32 Å². The van der Waals surface area contributed by atoms with Gasteiger partial charge in [0.1, 0.15) is 0 Å². The number of pyridine rings is 1. The highest BCUT2D eigenvalue weighted by molar-refractivity contribution is 6.09. The zero-order valence-electron chi connectivity index (χ0n) is 10.4. The van der Waals surface area contributed by atoms with Crippen LogP contribution in [-0.4, -0.2) is 23.4 Å². The van der Waals surface area contributed by atoms with E-state index in [1.807, 2.05) is 30.5 Å². The highest BCUT2D eigenvalue weighted by Crippen LogP contribution is 2.25. The zero-order valence-corrected chi connectivity index (χ0v) is 10.4. The summed E-state index contributed by atoms with van der Waals surface area (Å²) in [5.74, 6) is 0.355. The van der Waals surface area contributed by atoms with Gasteiger partial charge in [-0.15, -0.1) is 0 Å². The van der Waals surface area contributed by atoms with Gasteiger partial charge in [-0.25, -0.2) is 0 Å². The lowest BCUT2D eigenvalue weighted by Crippen LogP contribution is -2.28. The van der Waals surface area contributed by atoms with Gasteiger partial charge in [-0.3, -0.25) is 9.78 Å². The smallest absolute Gasteiger partial charge is 0.168 e. The molecular weight excluding hydrogens is 224 g/mol. The Bertz CT molecular complexity index is 589. The minimum Gasteiger partial charge on any atom is -0.313 e. The van der Waals surface area contributed by atoms with Crippen LogP contribution in [-0.2, 0) is 0 Å². The summed E-state index contributed by atoms with van der Waals surface area (Å²) in [5, 5.41) is 5.38. The summed E-state index contributed by atoms with van der Waals surface area (Å²) in [4.78, 5) is 16.7. The van der Waals surface area contributed by atoms with Crippen molar-refractivity contribution in [2.75, 3.05) is 6.54 Å². The molecule has 1 N–H and O–H groups in total. The molecule has 92 valence electrons. The predicted molar refractivity (Wildman–Crippen MR) is 71.6 cm³/mol. The van der Waals surface area contributed by atoms with Crippen molar-refractivity contribution in [1.82, 2.24) is 10.3 Å². The van der Waals surface area contributed by atoms with Crippen LogP contribution in [0.1, 0.15) is 23.7 Å². The Balaban J connectivity index is 2.06. The second-order valence-corrected chi connectivity index (χ2v) is 4.90. The lowest BCUT2D eigenvalue weighted by Gasteiger charge is -2.15. The van der Waals surface area contributed by atoms with E-state index in [4.69, 9.17) is 0 Å². The third-order valence-electron chi connectivity index (χ3n) is 3.81. The standard InChI is InChI=1S/C15H16N2O/c1-10-12(6-8-17-10)15(18)14-4-2-3-11-9-16-7-5-13(11)14/h2-5,7,9-10,12,17H,6,8H2,1H3. The first-order valence-corrected chi connectivity index (χ1v) is 6.38. The first-order chi connectivity index (χ1) is 8.77. The molecule has 1 aliphatic heterocycles. The number of hydrogen-bond acceptors (Lipinski definition) is 3. The third-order valence-corrected chi connectivity index (χ3v) is 3.81. The molecule has 0 aliphatic carbocycles. The minimum absolute atomic E-state index is 0.101. The Morgan fingerprint density at radius 2 is 2.28 bits per heavy atom. The quantitative estimate of drug-likeness (QED) is 0.820. The molecule has 1 aromatic carbocycles. The molecule has 1 aromatic heterocycles. The Labute approximate surface area is 106 Å². The highest BCUT2D eigenvalue weighted by Gasteiger charge is 2.30. The number of aromatic nitrogens is 1. The molecule has 18 heavy (non-hydrogen) atoms. The number of carbonyl (C=O) groups excluding carboxylic acids is 1. The Morgan fingerprint density at radius 3 is 3.06 bits per heavy atom. The maximum atomic E-state index is 12.6. The van der Waals surface area contributed by atoms with Crippen LogP contribution in [0.25, 0.3) is 10.8 Å². The van der Waals surface area contributed by atoms with E-state index in [9.17, 15) is 4.79 Å². The van der Waals surface area contributed by atoms with Crippen molar-refractivity contribution in [3.05, 3.63) is 42.2 Å².